The number of nitrogens with zero attached hydrogens (tertiary/aromatic N) is 2. The SMILES string of the molecule is O=[N+]([O-])c1ccc([C@@H]2[C@@H]3CC=C[C@@H]3c3c4c(cc5ccccc35)[C@H]3C=CC[C@@H]3CN42)cc1. The Kier molecular flexibility index (Phi) is 3.73. The van der Waals surface area contributed by atoms with Crippen molar-refractivity contribution >= 4 is 22.1 Å². The van der Waals surface area contributed by atoms with Gasteiger partial charge in [0, 0.05) is 36.2 Å². The van der Waals surface area contributed by atoms with Crippen LogP contribution in [0.1, 0.15) is 47.4 Å². The highest BCUT2D eigenvalue weighted by Gasteiger charge is 2.48. The average Bonchev–Trinajstić information content (AvgIpc) is 3.49. The van der Waals surface area contributed by atoms with Gasteiger partial charge in [0.25, 0.3) is 5.69 Å². The van der Waals surface area contributed by atoms with Crippen LogP contribution in [0.15, 0.2) is 78.9 Å². The third-order valence-corrected chi connectivity index (χ3v) is 8.19. The lowest BCUT2D eigenvalue weighted by molar-refractivity contribution is -0.384. The molecule has 32 heavy (non-hydrogen) atoms. The maximum Gasteiger partial charge on any atom is 0.269 e. The Balaban J connectivity index is 1.49. The summed E-state index contributed by atoms with van der Waals surface area (Å²) in [6.45, 7) is 1.04. The van der Waals surface area contributed by atoms with Crippen LogP contribution >= 0.6 is 0 Å². The van der Waals surface area contributed by atoms with E-state index in [-0.39, 0.29) is 16.7 Å². The van der Waals surface area contributed by atoms with E-state index >= 15 is 0 Å². The molecule has 7 rings (SSSR count). The number of nitro groups is 1. The number of non-ortho nitro benzene ring substituents is 1. The van der Waals surface area contributed by atoms with Gasteiger partial charge in [0.05, 0.1) is 11.0 Å². The molecule has 0 bridgehead atoms. The first-order chi connectivity index (χ1) is 15.7. The molecule has 0 fully saturated rings. The smallest absolute Gasteiger partial charge is 0.269 e. The molecule has 4 aliphatic rings. The standard InChI is InChI=1S/C28H24N2O2/c31-30(32)20-13-11-17(12-14-20)27-24-10-4-9-23(24)26-22-7-2-1-5-18(22)15-25-21-8-3-6-19(21)16-29(27)28(25)26/h1-5,7-9,11-15,19,21,23-24,27H,6,10,16H2/t19-,21+,23+,24-,27-/m1/s1. The number of fused-ring (bicyclic) bond motifs is 6. The van der Waals surface area contributed by atoms with Gasteiger partial charge in [0.2, 0.25) is 0 Å². The molecule has 0 spiro atoms. The molecule has 0 N–H and O–H groups in total. The summed E-state index contributed by atoms with van der Waals surface area (Å²) in [5.74, 6) is 1.92. The minimum absolute atomic E-state index is 0.163. The van der Waals surface area contributed by atoms with E-state index in [1.165, 1.54) is 33.2 Å². The fourth-order valence-corrected chi connectivity index (χ4v) is 6.90. The highest BCUT2D eigenvalue weighted by Crippen LogP contribution is 2.60. The summed E-state index contributed by atoms with van der Waals surface area (Å²) in [6, 6.07) is 18.8. The van der Waals surface area contributed by atoms with Gasteiger partial charge in [-0.3, -0.25) is 10.1 Å². The van der Waals surface area contributed by atoms with Gasteiger partial charge in [-0.2, -0.15) is 0 Å². The molecular formula is C28H24N2O2. The third-order valence-electron chi connectivity index (χ3n) is 8.19. The van der Waals surface area contributed by atoms with Crippen molar-refractivity contribution in [3.05, 3.63) is 106 Å². The Morgan fingerprint density at radius 1 is 0.938 bits per heavy atom. The predicted octanol–water partition coefficient (Wildman–Crippen LogP) is 6.64. The van der Waals surface area contributed by atoms with Crippen molar-refractivity contribution in [1.82, 2.24) is 0 Å². The van der Waals surface area contributed by atoms with Gasteiger partial charge in [-0.1, -0.05) is 60.7 Å². The maximum atomic E-state index is 11.2. The van der Waals surface area contributed by atoms with Gasteiger partial charge in [0.1, 0.15) is 0 Å². The van der Waals surface area contributed by atoms with Gasteiger partial charge in [0.15, 0.2) is 0 Å². The molecule has 5 atom stereocenters. The second kappa shape index (κ2) is 6.55. The zero-order chi connectivity index (χ0) is 21.4. The number of hydrogen-bond acceptors (Lipinski definition) is 3. The quantitative estimate of drug-likeness (QED) is 0.265. The number of benzene rings is 3. The van der Waals surface area contributed by atoms with E-state index < -0.39 is 0 Å². The topological polar surface area (TPSA) is 46.4 Å². The van der Waals surface area contributed by atoms with Crippen LogP contribution in [0.3, 0.4) is 0 Å². The molecule has 0 amide bonds. The van der Waals surface area contributed by atoms with Crippen molar-refractivity contribution in [3.63, 3.8) is 0 Å². The summed E-state index contributed by atoms with van der Waals surface area (Å²) < 4.78 is 0. The Morgan fingerprint density at radius 3 is 2.56 bits per heavy atom. The molecule has 4 nitrogen and oxygen atoms in total. The van der Waals surface area contributed by atoms with Gasteiger partial charge in [-0.15, -0.1) is 0 Å². The van der Waals surface area contributed by atoms with E-state index in [0.29, 0.717) is 23.7 Å². The van der Waals surface area contributed by atoms with Crippen LogP contribution in [0.2, 0.25) is 0 Å². The summed E-state index contributed by atoms with van der Waals surface area (Å²) in [4.78, 5) is 13.6. The van der Waals surface area contributed by atoms with Crippen molar-refractivity contribution in [2.24, 2.45) is 11.8 Å². The van der Waals surface area contributed by atoms with Crippen LogP contribution in [0, 0.1) is 22.0 Å². The van der Waals surface area contributed by atoms with Gasteiger partial charge in [-0.05, 0) is 58.2 Å². The lowest BCUT2D eigenvalue weighted by Gasteiger charge is -2.51. The van der Waals surface area contributed by atoms with Gasteiger partial charge < -0.3 is 4.90 Å². The summed E-state index contributed by atoms with van der Waals surface area (Å²) in [5.41, 5.74) is 5.75. The largest absolute Gasteiger partial charge is 0.363 e. The third kappa shape index (κ3) is 2.38. The van der Waals surface area contributed by atoms with Crippen molar-refractivity contribution in [2.45, 2.75) is 30.7 Å². The van der Waals surface area contributed by atoms with Crippen LogP contribution in [-0.2, 0) is 0 Å². The fourth-order valence-electron chi connectivity index (χ4n) is 6.90. The van der Waals surface area contributed by atoms with E-state index in [9.17, 15) is 10.1 Å². The minimum Gasteiger partial charge on any atom is -0.363 e. The van der Waals surface area contributed by atoms with Crippen LogP contribution in [0.25, 0.3) is 10.8 Å². The molecule has 3 aromatic rings. The molecule has 0 radical (unpaired) electrons. The second-order valence-electron chi connectivity index (χ2n) is 9.70. The fraction of sp³-hybridized carbons (Fsp3) is 0.286. The van der Waals surface area contributed by atoms with Gasteiger partial charge >= 0.3 is 0 Å². The Bertz CT molecular complexity index is 1320. The van der Waals surface area contributed by atoms with E-state index in [4.69, 9.17) is 0 Å². The molecule has 2 heterocycles. The summed E-state index contributed by atoms with van der Waals surface area (Å²) in [7, 11) is 0. The van der Waals surface area contributed by atoms with Crippen LogP contribution in [-0.4, -0.2) is 11.5 Å². The molecule has 4 heteroatoms. The predicted molar refractivity (Wildman–Crippen MR) is 127 cm³/mol. The summed E-state index contributed by atoms with van der Waals surface area (Å²) >= 11 is 0. The van der Waals surface area contributed by atoms with E-state index in [2.05, 4.69) is 59.5 Å². The lowest BCUT2D eigenvalue weighted by Crippen LogP contribution is -2.46. The normalized spacial score (nSPS) is 29.1. The molecule has 2 aliphatic heterocycles. The molecule has 0 aromatic heterocycles. The Labute approximate surface area is 187 Å². The molecule has 0 saturated carbocycles. The zero-order valence-corrected chi connectivity index (χ0v) is 17.7. The molecule has 0 unspecified atom stereocenters. The number of rotatable bonds is 2. The zero-order valence-electron chi connectivity index (χ0n) is 17.7. The highest BCUT2D eigenvalue weighted by molar-refractivity contribution is 5.94. The van der Waals surface area contributed by atoms with Gasteiger partial charge in [-0.25, -0.2) is 0 Å². The van der Waals surface area contributed by atoms with Crippen molar-refractivity contribution < 1.29 is 4.92 Å². The molecule has 0 saturated heterocycles. The molecule has 158 valence electrons. The Hall–Kier alpha value is -3.40. The maximum absolute atomic E-state index is 11.2. The van der Waals surface area contributed by atoms with Crippen LogP contribution in [0.5, 0.6) is 0 Å². The molecular weight excluding hydrogens is 396 g/mol. The van der Waals surface area contributed by atoms with Crippen LogP contribution < -0.4 is 4.90 Å². The average molecular weight is 421 g/mol. The number of hydrogen-bond donors (Lipinski definition) is 0. The second-order valence-corrected chi connectivity index (χ2v) is 9.70. The molecule has 2 aliphatic carbocycles. The number of anilines is 1. The first-order valence-electron chi connectivity index (χ1n) is 11.6. The first-order valence-corrected chi connectivity index (χ1v) is 11.6. The Morgan fingerprint density at radius 2 is 1.72 bits per heavy atom. The van der Waals surface area contributed by atoms with Crippen molar-refractivity contribution in [1.29, 1.82) is 0 Å². The number of allylic oxidation sites excluding steroid dienone is 4. The molecule has 3 aromatic carbocycles. The van der Waals surface area contributed by atoms with Crippen LogP contribution in [0.4, 0.5) is 11.4 Å². The number of nitro benzene ring substituents is 1. The van der Waals surface area contributed by atoms with Crippen molar-refractivity contribution in [2.75, 3.05) is 11.4 Å². The monoisotopic (exact) mass is 420 g/mol. The van der Waals surface area contributed by atoms with E-state index in [1.54, 1.807) is 12.1 Å². The van der Waals surface area contributed by atoms with Crippen molar-refractivity contribution in [3.8, 4) is 0 Å². The summed E-state index contributed by atoms with van der Waals surface area (Å²) in [6.07, 6.45) is 11.7. The summed E-state index contributed by atoms with van der Waals surface area (Å²) in [5, 5.41) is 14.0. The highest BCUT2D eigenvalue weighted by atomic mass is 16.6. The minimum atomic E-state index is -0.306. The van der Waals surface area contributed by atoms with E-state index in [0.717, 1.165) is 19.4 Å². The lowest BCUT2D eigenvalue weighted by atomic mass is 9.69. The first kappa shape index (κ1) is 18.2. The van der Waals surface area contributed by atoms with E-state index in [1.807, 2.05) is 12.1 Å².